The van der Waals surface area contributed by atoms with Crippen LogP contribution in [0.15, 0.2) is 47.6 Å². The molecule has 2 aromatic carbocycles. The van der Waals surface area contributed by atoms with Crippen molar-refractivity contribution in [3.05, 3.63) is 53.1 Å². The number of carbonyl (C=O) groups excluding carboxylic acids is 1. The summed E-state index contributed by atoms with van der Waals surface area (Å²) < 4.78 is 4.99. The summed E-state index contributed by atoms with van der Waals surface area (Å²) in [6.45, 7) is 0.0661. The molecule has 0 heterocycles. The molecule has 0 saturated heterocycles. The van der Waals surface area contributed by atoms with Crippen LogP contribution in [0.4, 0.5) is 5.69 Å². The van der Waals surface area contributed by atoms with E-state index in [-0.39, 0.29) is 18.2 Å². The highest BCUT2D eigenvalue weighted by atomic mass is 35.5. The van der Waals surface area contributed by atoms with Crippen LogP contribution in [0.1, 0.15) is 5.56 Å². The van der Waals surface area contributed by atoms with E-state index in [4.69, 9.17) is 16.3 Å². The third-order valence-corrected chi connectivity index (χ3v) is 3.12. The lowest BCUT2D eigenvalue weighted by molar-refractivity contribution is -0.119. The maximum atomic E-state index is 11.7. The average Bonchev–Trinajstić information content (AvgIpc) is 2.54. The molecule has 23 heavy (non-hydrogen) atoms. The van der Waals surface area contributed by atoms with Crippen molar-refractivity contribution in [3.63, 3.8) is 0 Å². The van der Waals surface area contributed by atoms with Gasteiger partial charge in [-0.3, -0.25) is 4.79 Å². The minimum absolute atomic E-state index is 0.0411. The van der Waals surface area contributed by atoms with Crippen LogP contribution >= 0.6 is 11.6 Å². The van der Waals surface area contributed by atoms with E-state index in [2.05, 4.69) is 15.8 Å². The summed E-state index contributed by atoms with van der Waals surface area (Å²) in [6, 6.07) is 11.8. The first kappa shape index (κ1) is 16.6. The van der Waals surface area contributed by atoms with E-state index in [9.17, 15) is 9.90 Å². The van der Waals surface area contributed by atoms with Gasteiger partial charge >= 0.3 is 0 Å². The highest BCUT2D eigenvalue weighted by molar-refractivity contribution is 6.30. The number of amides is 1. The Morgan fingerprint density at radius 3 is 2.91 bits per heavy atom. The number of ether oxygens (including phenoxy) is 1. The molecule has 7 heteroatoms. The van der Waals surface area contributed by atoms with Gasteiger partial charge in [0.05, 0.1) is 19.9 Å². The van der Waals surface area contributed by atoms with Gasteiger partial charge in [-0.25, -0.2) is 5.43 Å². The molecule has 0 aromatic heterocycles. The zero-order valence-corrected chi connectivity index (χ0v) is 13.2. The Morgan fingerprint density at radius 1 is 1.35 bits per heavy atom. The number of methoxy groups -OCH3 is 1. The summed E-state index contributed by atoms with van der Waals surface area (Å²) in [5, 5.41) is 16.9. The fraction of sp³-hybridized carbons (Fsp3) is 0.125. The zero-order chi connectivity index (χ0) is 16.7. The normalized spacial score (nSPS) is 10.5. The number of carbonyl (C=O) groups is 1. The first-order chi connectivity index (χ1) is 11.1. The van der Waals surface area contributed by atoms with Gasteiger partial charge in [0.15, 0.2) is 11.5 Å². The number of phenolic OH excluding ortho intramolecular Hbond substituents is 1. The van der Waals surface area contributed by atoms with Crippen LogP contribution in [0.25, 0.3) is 0 Å². The molecule has 0 aliphatic rings. The molecule has 0 aliphatic heterocycles. The Balaban J connectivity index is 1.84. The number of aromatic hydroxyl groups is 1. The van der Waals surface area contributed by atoms with Crippen LogP contribution in [0.2, 0.25) is 5.02 Å². The Kier molecular flexibility index (Phi) is 5.82. The molecule has 2 aromatic rings. The molecule has 120 valence electrons. The summed E-state index contributed by atoms with van der Waals surface area (Å²) in [5.41, 5.74) is 3.83. The summed E-state index contributed by atoms with van der Waals surface area (Å²) >= 11 is 5.86. The van der Waals surface area contributed by atoms with E-state index in [1.165, 1.54) is 19.4 Å². The predicted molar refractivity (Wildman–Crippen MR) is 90.3 cm³/mol. The minimum Gasteiger partial charge on any atom is -0.504 e. The number of phenols is 1. The number of nitrogens with zero attached hydrogens (tertiary/aromatic N) is 1. The van der Waals surface area contributed by atoms with Crippen LogP contribution in [-0.4, -0.2) is 30.9 Å². The van der Waals surface area contributed by atoms with E-state index >= 15 is 0 Å². The van der Waals surface area contributed by atoms with E-state index < -0.39 is 0 Å². The maximum absolute atomic E-state index is 11.7. The van der Waals surface area contributed by atoms with Crippen molar-refractivity contribution in [2.75, 3.05) is 19.0 Å². The number of rotatable bonds is 6. The van der Waals surface area contributed by atoms with Crippen molar-refractivity contribution in [2.24, 2.45) is 5.10 Å². The number of hydrazone groups is 1. The summed E-state index contributed by atoms with van der Waals surface area (Å²) in [4.78, 5) is 11.7. The van der Waals surface area contributed by atoms with E-state index in [1.807, 2.05) is 6.07 Å². The Labute approximate surface area is 138 Å². The fourth-order valence-electron chi connectivity index (χ4n) is 1.77. The van der Waals surface area contributed by atoms with Crippen molar-refractivity contribution in [1.29, 1.82) is 0 Å². The van der Waals surface area contributed by atoms with Gasteiger partial charge in [-0.05, 0) is 42.0 Å². The molecule has 0 unspecified atom stereocenters. The Bertz CT molecular complexity index is 719. The van der Waals surface area contributed by atoms with Crippen molar-refractivity contribution in [2.45, 2.75) is 0 Å². The maximum Gasteiger partial charge on any atom is 0.259 e. The van der Waals surface area contributed by atoms with Crippen molar-refractivity contribution >= 4 is 29.4 Å². The van der Waals surface area contributed by atoms with Gasteiger partial charge < -0.3 is 15.2 Å². The SMILES string of the molecule is COc1cc(C=NNC(=O)CNc2cccc(Cl)c2)ccc1O. The quantitative estimate of drug-likeness (QED) is 0.560. The van der Waals surface area contributed by atoms with Crippen LogP contribution < -0.4 is 15.5 Å². The molecule has 1 amide bonds. The molecule has 2 rings (SSSR count). The van der Waals surface area contributed by atoms with Crippen molar-refractivity contribution < 1.29 is 14.6 Å². The highest BCUT2D eigenvalue weighted by Gasteiger charge is 2.02. The van der Waals surface area contributed by atoms with E-state index in [1.54, 1.807) is 30.3 Å². The van der Waals surface area contributed by atoms with Crippen LogP contribution in [0, 0.1) is 0 Å². The number of hydrogen-bond acceptors (Lipinski definition) is 5. The number of halogens is 1. The van der Waals surface area contributed by atoms with Gasteiger partial charge in [0.2, 0.25) is 0 Å². The number of anilines is 1. The van der Waals surface area contributed by atoms with Crippen molar-refractivity contribution in [3.8, 4) is 11.5 Å². The van der Waals surface area contributed by atoms with Crippen LogP contribution in [0.5, 0.6) is 11.5 Å². The van der Waals surface area contributed by atoms with Crippen LogP contribution in [0.3, 0.4) is 0 Å². The molecule has 0 bridgehead atoms. The number of nitrogens with one attached hydrogen (secondary N) is 2. The molecule has 6 nitrogen and oxygen atoms in total. The Hall–Kier alpha value is -2.73. The zero-order valence-electron chi connectivity index (χ0n) is 12.4. The lowest BCUT2D eigenvalue weighted by atomic mass is 10.2. The fourth-order valence-corrected chi connectivity index (χ4v) is 1.96. The average molecular weight is 334 g/mol. The van der Waals surface area contributed by atoms with Gasteiger partial charge in [0.25, 0.3) is 5.91 Å². The van der Waals surface area contributed by atoms with E-state index in [0.717, 1.165) is 5.69 Å². The van der Waals surface area contributed by atoms with Crippen molar-refractivity contribution in [1.82, 2.24) is 5.43 Å². The van der Waals surface area contributed by atoms with Gasteiger partial charge in [-0.15, -0.1) is 0 Å². The minimum atomic E-state index is -0.299. The number of hydrogen-bond donors (Lipinski definition) is 3. The lowest BCUT2D eigenvalue weighted by Crippen LogP contribution is -2.25. The largest absolute Gasteiger partial charge is 0.504 e. The van der Waals surface area contributed by atoms with Gasteiger partial charge in [-0.1, -0.05) is 17.7 Å². The molecule has 0 aliphatic carbocycles. The molecule has 0 fully saturated rings. The summed E-state index contributed by atoms with van der Waals surface area (Å²) in [5.74, 6) is 0.0780. The molecule has 0 atom stereocenters. The molecule has 0 saturated carbocycles. The smallest absolute Gasteiger partial charge is 0.259 e. The monoisotopic (exact) mass is 333 g/mol. The predicted octanol–water partition coefficient (Wildman–Crippen LogP) is 2.62. The molecule has 0 spiro atoms. The molecule has 0 radical (unpaired) electrons. The summed E-state index contributed by atoms with van der Waals surface area (Å²) in [7, 11) is 1.46. The molecule has 3 N–H and O–H groups in total. The second kappa shape index (κ2) is 8.05. The lowest BCUT2D eigenvalue weighted by Gasteiger charge is -2.05. The summed E-state index contributed by atoms with van der Waals surface area (Å²) in [6.07, 6.45) is 1.46. The second-order valence-electron chi connectivity index (χ2n) is 4.59. The first-order valence-electron chi connectivity index (χ1n) is 6.77. The Morgan fingerprint density at radius 2 is 2.17 bits per heavy atom. The van der Waals surface area contributed by atoms with E-state index in [0.29, 0.717) is 16.3 Å². The van der Waals surface area contributed by atoms with Gasteiger partial charge in [-0.2, -0.15) is 5.10 Å². The molecular formula is C16H16ClN3O3. The second-order valence-corrected chi connectivity index (χ2v) is 5.02. The standard InChI is InChI=1S/C16H16ClN3O3/c1-23-15-7-11(5-6-14(15)21)9-19-20-16(22)10-18-13-4-2-3-12(17)8-13/h2-9,18,21H,10H2,1H3,(H,20,22). The number of benzene rings is 2. The molecular weight excluding hydrogens is 318 g/mol. The topological polar surface area (TPSA) is 83.0 Å². The van der Waals surface area contributed by atoms with Crippen LogP contribution in [-0.2, 0) is 4.79 Å². The van der Waals surface area contributed by atoms with Gasteiger partial charge in [0, 0.05) is 10.7 Å². The third kappa shape index (κ3) is 5.19. The van der Waals surface area contributed by atoms with Gasteiger partial charge in [0.1, 0.15) is 0 Å². The first-order valence-corrected chi connectivity index (χ1v) is 7.14. The highest BCUT2D eigenvalue weighted by Crippen LogP contribution is 2.25. The third-order valence-electron chi connectivity index (χ3n) is 2.88.